The Labute approximate surface area is 108 Å². The van der Waals surface area contributed by atoms with Crippen LogP contribution in [0.15, 0.2) is 48.5 Å². The quantitative estimate of drug-likeness (QED) is 0.481. The number of ketones is 1. The van der Waals surface area contributed by atoms with Crippen LogP contribution < -0.4 is 0 Å². The molecule has 0 N–H and O–H groups in total. The fraction of sp³-hybridized carbons (Fsp3) is 0.0714. The lowest BCUT2D eigenvalue weighted by Crippen LogP contribution is -2.03. The van der Waals surface area contributed by atoms with Crippen molar-refractivity contribution in [2.45, 2.75) is 6.42 Å². The van der Waals surface area contributed by atoms with Crippen LogP contribution in [0.2, 0.25) is 0 Å². The van der Waals surface area contributed by atoms with Gasteiger partial charge in [-0.1, -0.05) is 12.1 Å². The van der Waals surface area contributed by atoms with Crippen LogP contribution in [0, 0.1) is 15.9 Å². The van der Waals surface area contributed by atoms with Gasteiger partial charge in [0.1, 0.15) is 5.82 Å². The van der Waals surface area contributed by atoms with Crippen molar-refractivity contribution in [2.24, 2.45) is 0 Å². The van der Waals surface area contributed by atoms with Crippen LogP contribution >= 0.6 is 0 Å². The molecule has 0 spiro atoms. The molecule has 2 aromatic rings. The minimum absolute atomic E-state index is 0.0158. The molecular weight excluding hydrogens is 249 g/mol. The first-order valence-corrected chi connectivity index (χ1v) is 5.58. The Morgan fingerprint density at radius 1 is 1.05 bits per heavy atom. The second-order valence-corrected chi connectivity index (χ2v) is 4.03. The average Bonchev–Trinajstić information content (AvgIpc) is 2.40. The van der Waals surface area contributed by atoms with Crippen LogP contribution in [0.5, 0.6) is 0 Å². The Morgan fingerprint density at radius 2 is 1.63 bits per heavy atom. The van der Waals surface area contributed by atoms with E-state index in [0.29, 0.717) is 11.1 Å². The summed E-state index contributed by atoms with van der Waals surface area (Å²) in [7, 11) is 0. The van der Waals surface area contributed by atoms with Crippen molar-refractivity contribution in [3.63, 3.8) is 0 Å². The van der Waals surface area contributed by atoms with Gasteiger partial charge in [-0.2, -0.15) is 0 Å². The third-order valence-corrected chi connectivity index (χ3v) is 2.68. The van der Waals surface area contributed by atoms with Gasteiger partial charge in [-0.15, -0.1) is 0 Å². The van der Waals surface area contributed by atoms with Gasteiger partial charge >= 0.3 is 0 Å². The van der Waals surface area contributed by atoms with Gasteiger partial charge in [-0.3, -0.25) is 14.9 Å². The molecule has 0 aliphatic carbocycles. The van der Waals surface area contributed by atoms with E-state index in [1.807, 2.05) is 0 Å². The molecule has 0 aliphatic rings. The van der Waals surface area contributed by atoms with E-state index in [1.165, 1.54) is 36.4 Å². The van der Waals surface area contributed by atoms with Gasteiger partial charge in [-0.25, -0.2) is 4.39 Å². The molecule has 2 rings (SSSR count). The molecular formula is C14H10FNO3. The first-order chi connectivity index (χ1) is 9.06. The Balaban J connectivity index is 2.10. The molecule has 0 bridgehead atoms. The fourth-order valence-corrected chi connectivity index (χ4v) is 1.66. The third kappa shape index (κ3) is 3.22. The number of nitro benzene ring substituents is 1. The maximum Gasteiger partial charge on any atom is 0.269 e. The molecule has 0 aliphatic heterocycles. The number of rotatable bonds is 4. The maximum atomic E-state index is 12.7. The largest absolute Gasteiger partial charge is 0.294 e. The van der Waals surface area contributed by atoms with Crippen LogP contribution in [0.25, 0.3) is 0 Å². The van der Waals surface area contributed by atoms with Crippen LogP contribution in [-0.2, 0) is 6.42 Å². The number of nitrogens with zero attached hydrogens (tertiary/aromatic N) is 1. The normalized spacial score (nSPS) is 10.2. The molecule has 0 saturated carbocycles. The summed E-state index contributed by atoms with van der Waals surface area (Å²) in [5, 5.41) is 10.5. The molecule has 0 heterocycles. The summed E-state index contributed by atoms with van der Waals surface area (Å²) >= 11 is 0. The summed E-state index contributed by atoms with van der Waals surface area (Å²) in [4.78, 5) is 21.9. The first-order valence-electron chi connectivity index (χ1n) is 5.58. The molecule has 2 aromatic carbocycles. The van der Waals surface area contributed by atoms with E-state index in [1.54, 1.807) is 12.1 Å². The summed E-state index contributed by atoms with van der Waals surface area (Å²) in [6.45, 7) is 0. The van der Waals surface area contributed by atoms with Crippen molar-refractivity contribution in [1.82, 2.24) is 0 Å². The summed E-state index contributed by atoms with van der Waals surface area (Å²) in [5.74, 6) is -0.555. The summed E-state index contributed by atoms with van der Waals surface area (Å²) in [6.07, 6.45) is 0.129. The second-order valence-electron chi connectivity index (χ2n) is 4.03. The molecule has 0 amide bonds. The van der Waals surface area contributed by atoms with Gasteiger partial charge in [0.2, 0.25) is 0 Å². The molecule has 0 fully saturated rings. The smallest absolute Gasteiger partial charge is 0.269 e. The average molecular weight is 259 g/mol. The minimum atomic E-state index is -0.494. The highest BCUT2D eigenvalue weighted by molar-refractivity contribution is 5.97. The predicted molar refractivity (Wildman–Crippen MR) is 67.5 cm³/mol. The van der Waals surface area contributed by atoms with Gasteiger partial charge in [0, 0.05) is 24.1 Å². The van der Waals surface area contributed by atoms with E-state index in [9.17, 15) is 19.3 Å². The highest BCUT2D eigenvalue weighted by Gasteiger charge is 2.09. The van der Waals surface area contributed by atoms with E-state index < -0.39 is 10.7 Å². The Bertz CT molecular complexity index is 606. The minimum Gasteiger partial charge on any atom is -0.294 e. The second kappa shape index (κ2) is 5.39. The molecule has 0 radical (unpaired) electrons. The number of non-ortho nitro benzene ring substituents is 1. The monoisotopic (exact) mass is 259 g/mol. The van der Waals surface area contributed by atoms with Crippen molar-refractivity contribution in [1.29, 1.82) is 0 Å². The number of hydrogen-bond acceptors (Lipinski definition) is 3. The Hall–Kier alpha value is -2.56. The van der Waals surface area contributed by atoms with Gasteiger partial charge in [-0.05, 0) is 29.8 Å². The summed E-state index contributed by atoms with van der Waals surface area (Å²) < 4.78 is 12.7. The van der Waals surface area contributed by atoms with Crippen molar-refractivity contribution in [3.05, 3.63) is 75.6 Å². The Morgan fingerprint density at radius 3 is 2.16 bits per heavy atom. The van der Waals surface area contributed by atoms with Crippen LogP contribution in [0.4, 0.5) is 10.1 Å². The van der Waals surface area contributed by atoms with Gasteiger partial charge in [0.05, 0.1) is 4.92 Å². The van der Waals surface area contributed by atoms with Gasteiger partial charge in [0.25, 0.3) is 5.69 Å². The molecule has 96 valence electrons. The number of halogens is 1. The van der Waals surface area contributed by atoms with Crippen LogP contribution in [0.3, 0.4) is 0 Å². The fourth-order valence-electron chi connectivity index (χ4n) is 1.66. The van der Waals surface area contributed by atoms with Crippen LogP contribution in [0.1, 0.15) is 15.9 Å². The molecule has 0 aromatic heterocycles. The van der Waals surface area contributed by atoms with Gasteiger partial charge in [0.15, 0.2) is 5.78 Å². The lowest BCUT2D eigenvalue weighted by atomic mass is 10.0. The number of benzene rings is 2. The molecule has 4 nitrogen and oxygen atoms in total. The number of carbonyl (C=O) groups is 1. The Kier molecular flexibility index (Phi) is 3.66. The van der Waals surface area contributed by atoms with Crippen molar-refractivity contribution >= 4 is 11.5 Å². The topological polar surface area (TPSA) is 60.2 Å². The molecule has 0 saturated heterocycles. The van der Waals surface area contributed by atoms with E-state index in [0.717, 1.165) is 0 Å². The highest BCUT2D eigenvalue weighted by Crippen LogP contribution is 2.14. The zero-order valence-corrected chi connectivity index (χ0v) is 9.88. The zero-order chi connectivity index (χ0) is 13.8. The number of nitro groups is 1. The molecule has 0 atom stereocenters. The van der Waals surface area contributed by atoms with E-state index in [4.69, 9.17) is 0 Å². The van der Waals surface area contributed by atoms with Gasteiger partial charge < -0.3 is 0 Å². The van der Waals surface area contributed by atoms with E-state index in [-0.39, 0.29) is 17.9 Å². The summed E-state index contributed by atoms with van der Waals surface area (Å²) in [5.41, 5.74) is 1.08. The van der Waals surface area contributed by atoms with E-state index >= 15 is 0 Å². The zero-order valence-electron chi connectivity index (χ0n) is 9.88. The highest BCUT2D eigenvalue weighted by atomic mass is 19.1. The lowest BCUT2D eigenvalue weighted by molar-refractivity contribution is -0.384. The third-order valence-electron chi connectivity index (χ3n) is 2.68. The maximum absolute atomic E-state index is 12.7. The lowest BCUT2D eigenvalue weighted by Gasteiger charge is -2.01. The first kappa shape index (κ1) is 12.9. The standard InChI is InChI=1S/C14H10FNO3/c15-12-5-3-11(4-6-12)14(17)9-10-1-7-13(8-2-10)16(18)19/h1-8H,9H2. The molecule has 0 unspecified atom stereocenters. The van der Waals surface area contributed by atoms with E-state index in [2.05, 4.69) is 0 Å². The van der Waals surface area contributed by atoms with Crippen LogP contribution in [-0.4, -0.2) is 10.7 Å². The molecule has 19 heavy (non-hydrogen) atoms. The summed E-state index contributed by atoms with van der Waals surface area (Å²) in [6, 6.07) is 11.1. The number of hydrogen-bond donors (Lipinski definition) is 0. The van der Waals surface area contributed by atoms with Crippen molar-refractivity contribution in [2.75, 3.05) is 0 Å². The predicted octanol–water partition coefficient (Wildman–Crippen LogP) is 3.16. The van der Waals surface area contributed by atoms with Crippen molar-refractivity contribution < 1.29 is 14.1 Å². The number of carbonyl (C=O) groups excluding carboxylic acids is 1. The molecule has 5 heteroatoms. The van der Waals surface area contributed by atoms with Crippen molar-refractivity contribution in [3.8, 4) is 0 Å². The number of Topliss-reactive ketones (excluding diaryl/α,β-unsaturated/α-hetero) is 1. The SMILES string of the molecule is O=C(Cc1ccc([N+](=O)[O-])cc1)c1ccc(F)cc1.